The number of hydrogen-bond donors (Lipinski definition) is 2. The average molecular weight is 378 g/mol. The molecule has 0 saturated heterocycles. The molecule has 1 aliphatic carbocycles. The summed E-state index contributed by atoms with van der Waals surface area (Å²) in [7, 11) is 0. The van der Waals surface area contributed by atoms with E-state index >= 15 is 0 Å². The number of anilines is 1. The molecule has 2 amide bonds. The Labute approximate surface area is 163 Å². The normalized spacial score (nSPS) is 12.7. The van der Waals surface area contributed by atoms with E-state index in [-0.39, 0.29) is 23.6 Å². The number of nitrogens with zero attached hydrogens (tertiary/aromatic N) is 2. The van der Waals surface area contributed by atoms with E-state index in [0.717, 1.165) is 18.4 Å². The first-order valence-corrected chi connectivity index (χ1v) is 9.28. The van der Waals surface area contributed by atoms with Crippen molar-refractivity contribution in [3.63, 3.8) is 0 Å². The molecule has 0 atom stereocenters. The monoisotopic (exact) mass is 378 g/mol. The Balaban J connectivity index is 1.50. The fourth-order valence-electron chi connectivity index (χ4n) is 2.67. The number of nitrogens with one attached hydrogen (secondary N) is 2. The van der Waals surface area contributed by atoms with Crippen LogP contribution in [-0.4, -0.2) is 23.3 Å². The molecule has 1 aliphatic rings. The maximum absolute atomic E-state index is 12.1. The third-order valence-corrected chi connectivity index (χ3v) is 4.41. The number of rotatable bonds is 8. The van der Waals surface area contributed by atoms with Crippen LogP contribution < -0.4 is 15.4 Å². The fourth-order valence-corrected chi connectivity index (χ4v) is 2.67. The van der Waals surface area contributed by atoms with Crippen LogP contribution in [0.15, 0.2) is 36.5 Å². The summed E-state index contributed by atoms with van der Waals surface area (Å²) in [6.45, 7) is 2.38. The molecule has 1 fully saturated rings. The maximum Gasteiger partial charge on any atom is 0.237 e. The summed E-state index contributed by atoms with van der Waals surface area (Å²) in [5.41, 5.74) is 1.88. The van der Waals surface area contributed by atoms with Gasteiger partial charge in [0.1, 0.15) is 17.4 Å². The van der Waals surface area contributed by atoms with Crippen LogP contribution in [-0.2, 0) is 9.59 Å². The molecule has 0 spiro atoms. The number of ether oxygens (including phenoxy) is 1. The number of carbonyl (C=O) groups is 2. The number of carbonyl (C=O) groups excluding carboxylic acids is 2. The van der Waals surface area contributed by atoms with Gasteiger partial charge in [-0.2, -0.15) is 5.26 Å². The van der Waals surface area contributed by atoms with Crippen molar-refractivity contribution >= 4 is 17.5 Å². The first-order valence-electron chi connectivity index (χ1n) is 9.28. The molecule has 2 aromatic rings. The van der Waals surface area contributed by atoms with E-state index in [0.29, 0.717) is 36.4 Å². The zero-order chi connectivity index (χ0) is 19.9. The molecule has 1 aromatic carbocycles. The van der Waals surface area contributed by atoms with Crippen molar-refractivity contribution in [3.8, 4) is 17.7 Å². The van der Waals surface area contributed by atoms with E-state index < -0.39 is 0 Å². The summed E-state index contributed by atoms with van der Waals surface area (Å²) in [6.07, 6.45) is 4.45. The molecule has 144 valence electrons. The van der Waals surface area contributed by atoms with Gasteiger partial charge in [0.25, 0.3) is 0 Å². The van der Waals surface area contributed by atoms with Gasteiger partial charge in [-0.3, -0.25) is 9.59 Å². The van der Waals surface area contributed by atoms with Gasteiger partial charge < -0.3 is 15.4 Å². The summed E-state index contributed by atoms with van der Waals surface area (Å²) < 4.78 is 5.68. The second-order valence-electron chi connectivity index (χ2n) is 6.76. The lowest BCUT2D eigenvalue weighted by atomic mass is 10.2. The Morgan fingerprint density at radius 3 is 2.86 bits per heavy atom. The quantitative estimate of drug-likeness (QED) is 0.686. The highest BCUT2D eigenvalue weighted by Crippen LogP contribution is 2.29. The van der Waals surface area contributed by atoms with Crippen molar-refractivity contribution in [2.24, 2.45) is 5.92 Å². The zero-order valence-corrected chi connectivity index (χ0v) is 15.7. The lowest BCUT2D eigenvalue weighted by molar-refractivity contribution is -0.122. The van der Waals surface area contributed by atoms with Gasteiger partial charge in [0.05, 0.1) is 0 Å². The molecule has 1 aromatic heterocycles. The van der Waals surface area contributed by atoms with Gasteiger partial charge in [-0.1, -0.05) is 0 Å². The highest BCUT2D eigenvalue weighted by Gasteiger charge is 2.28. The van der Waals surface area contributed by atoms with Crippen molar-refractivity contribution in [1.29, 1.82) is 5.26 Å². The van der Waals surface area contributed by atoms with Crippen molar-refractivity contribution in [1.82, 2.24) is 10.3 Å². The summed E-state index contributed by atoms with van der Waals surface area (Å²) in [5.74, 6) is 0.962. The topological polar surface area (TPSA) is 104 Å². The first kappa shape index (κ1) is 19.4. The lowest BCUT2D eigenvalue weighted by Crippen LogP contribution is -2.26. The number of benzene rings is 1. The van der Waals surface area contributed by atoms with Gasteiger partial charge in [-0.15, -0.1) is 0 Å². The molecular formula is C21H22N4O3. The Bertz CT molecular complexity index is 916. The van der Waals surface area contributed by atoms with Crippen LogP contribution >= 0.6 is 0 Å². The molecule has 28 heavy (non-hydrogen) atoms. The summed E-state index contributed by atoms with van der Waals surface area (Å²) in [4.78, 5) is 27.7. The highest BCUT2D eigenvalue weighted by molar-refractivity contribution is 5.91. The van der Waals surface area contributed by atoms with Gasteiger partial charge in [0.15, 0.2) is 0 Å². The molecule has 0 radical (unpaired) electrons. The zero-order valence-electron chi connectivity index (χ0n) is 15.7. The fraction of sp³-hybridized carbons (Fsp3) is 0.333. The SMILES string of the molecule is Cc1cc(Oc2ncccc2C#N)ccc1NC(=O)CCCNC(=O)C1CC1. The third kappa shape index (κ3) is 5.30. The second kappa shape index (κ2) is 9.00. The molecule has 0 bridgehead atoms. The minimum atomic E-state index is -0.103. The van der Waals surface area contributed by atoms with Crippen molar-refractivity contribution in [2.75, 3.05) is 11.9 Å². The maximum atomic E-state index is 12.1. The van der Waals surface area contributed by atoms with Crippen LogP contribution in [0.5, 0.6) is 11.6 Å². The Morgan fingerprint density at radius 2 is 2.14 bits per heavy atom. The molecule has 7 nitrogen and oxygen atoms in total. The van der Waals surface area contributed by atoms with Gasteiger partial charge >= 0.3 is 0 Å². The van der Waals surface area contributed by atoms with Crippen molar-refractivity contribution in [3.05, 3.63) is 47.7 Å². The van der Waals surface area contributed by atoms with Crippen molar-refractivity contribution < 1.29 is 14.3 Å². The summed E-state index contributed by atoms with van der Waals surface area (Å²) >= 11 is 0. The van der Waals surface area contributed by atoms with Gasteiger partial charge in [-0.05, 0) is 62.1 Å². The van der Waals surface area contributed by atoms with Gasteiger partial charge in [0.2, 0.25) is 17.7 Å². The lowest BCUT2D eigenvalue weighted by Gasteiger charge is -2.11. The largest absolute Gasteiger partial charge is 0.438 e. The molecule has 1 saturated carbocycles. The summed E-state index contributed by atoms with van der Waals surface area (Å²) in [5, 5.41) is 14.8. The van der Waals surface area contributed by atoms with E-state index in [9.17, 15) is 9.59 Å². The summed E-state index contributed by atoms with van der Waals surface area (Å²) in [6, 6.07) is 10.6. The number of amides is 2. The number of aryl methyl sites for hydroxylation is 1. The number of pyridine rings is 1. The van der Waals surface area contributed by atoms with Crippen LogP contribution in [0.3, 0.4) is 0 Å². The Hall–Kier alpha value is -3.40. The standard InChI is InChI=1S/C21H22N4O3/c1-14-12-17(28-21-16(13-22)4-2-11-24-21)8-9-18(14)25-19(26)5-3-10-23-20(27)15-6-7-15/h2,4,8-9,11-12,15H,3,5-7,10H2,1H3,(H,23,27)(H,25,26). The molecule has 0 aliphatic heterocycles. The molecule has 0 unspecified atom stereocenters. The van der Waals surface area contributed by atoms with Crippen LogP contribution in [0.1, 0.15) is 36.8 Å². The predicted molar refractivity (Wildman–Crippen MR) is 104 cm³/mol. The van der Waals surface area contributed by atoms with Crippen LogP contribution in [0, 0.1) is 24.2 Å². The number of hydrogen-bond acceptors (Lipinski definition) is 5. The van der Waals surface area contributed by atoms with E-state index in [4.69, 9.17) is 10.00 Å². The van der Waals surface area contributed by atoms with Gasteiger partial charge in [-0.25, -0.2) is 4.98 Å². The Morgan fingerprint density at radius 1 is 1.32 bits per heavy atom. The highest BCUT2D eigenvalue weighted by atomic mass is 16.5. The molecular weight excluding hydrogens is 356 g/mol. The number of aromatic nitrogens is 1. The first-order chi connectivity index (χ1) is 13.6. The van der Waals surface area contributed by atoms with Crippen LogP contribution in [0.25, 0.3) is 0 Å². The van der Waals surface area contributed by atoms with E-state index in [1.54, 1.807) is 36.5 Å². The van der Waals surface area contributed by atoms with Crippen LogP contribution in [0.2, 0.25) is 0 Å². The molecule has 2 N–H and O–H groups in total. The van der Waals surface area contributed by atoms with E-state index in [1.165, 1.54) is 0 Å². The van der Waals surface area contributed by atoms with Crippen LogP contribution in [0.4, 0.5) is 5.69 Å². The predicted octanol–water partition coefficient (Wildman–Crippen LogP) is 3.30. The van der Waals surface area contributed by atoms with E-state index in [1.807, 2.05) is 13.0 Å². The Kier molecular flexibility index (Phi) is 6.22. The molecule has 7 heteroatoms. The van der Waals surface area contributed by atoms with E-state index in [2.05, 4.69) is 15.6 Å². The number of nitriles is 1. The van der Waals surface area contributed by atoms with Crippen molar-refractivity contribution in [2.45, 2.75) is 32.6 Å². The smallest absolute Gasteiger partial charge is 0.237 e. The minimum absolute atomic E-state index is 0.0966. The van der Waals surface area contributed by atoms with Gasteiger partial charge in [0, 0.05) is 30.8 Å². The average Bonchev–Trinajstić information content (AvgIpc) is 3.53. The molecule has 1 heterocycles. The minimum Gasteiger partial charge on any atom is -0.438 e. The molecule has 3 rings (SSSR count). The second-order valence-corrected chi connectivity index (χ2v) is 6.76. The third-order valence-electron chi connectivity index (χ3n) is 4.41.